The molecule has 1 saturated heterocycles. The van der Waals surface area contributed by atoms with Gasteiger partial charge in [-0.3, -0.25) is 14.5 Å². The second-order valence-electron chi connectivity index (χ2n) is 8.00. The van der Waals surface area contributed by atoms with Crippen LogP contribution >= 0.6 is 0 Å². The highest BCUT2D eigenvalue weighted by Gasteiger charge is 2.29. The number of hydrogen-bond acceptors (Lipinski definition) is 3. The van der Waals surface area contributed by atoms with Gasteiger partial charge in [-0.15, -0.1) is 0 Å². The first-order valence-corrected chi connectivity index (χ1v) is 10.9. The molecule has 4 rings (SSSR count). The number of hydrogen-bond donors (Lipinski definition) is 2. The molecular weight excluding hydrogens is 398 g/mol. The number of nitrogens with two attached hydrogens (primary N) is 1. The van der Waals surface area contributed by atoms with Crippen LogP contribution in [0, 0.1) is 0 Å². The number of carbonyl (C=O) groups excluding carboxylic acids is 2. The molecular formula is C27H27N3O2. The number of primary amides is 1. The van der Waals surface area contributed by atoms with Crippen LogP contribution in [-0.2, 0) is 16.1 Å². The summed E-state index contributed by atoms with van der Waals surface area (Å²) in [6.45, 7) is 1.40. The normalized spacial score (nSPS) is 16.3. The molecule has 1 aliphatic rings. The summed E-state index contributed by atoms with van der Waals surface area (Å²) in [5, 5.41) is 2.98. The molecule has 162 valence electrons. The van der Waals surface area contributed by atoms with Crippen LogP contribution in [0.1, 0.15) is 24.0 Å². The van der Waals surface area contributed by atoms with Gasteiger partial charge in [0.15, 0.2) is 0 Å². The first-order valence-electron chi connectivity index (χ1n) is 10.9. The van der Waals surface area contributed by atoms with Gasteiger partial charge in [0.05, 0.1) is 6.04 Å². The second-order valence-corrected chi connectivity index (χ2v) is 8.00. The summed E-state index contributed by atoms with van der Waals surface area (Å²) in [4.78, 5) is 26.4. The number of likely N-dealkylation sites (tertiary alicyclic amines) is 1. The highest BCUT2D eigenvalue weighted by Crippen LogP contribution is 2.24. The van der Waals surface area contributed by atoms with Crippen LogP contribution in [0.2, 0.25) is 0 Å². The third-order valence-corrected chi connectivity index (χ3v) is 5.76. The number of carbonyl (C=O) groups is 2. The van der Waals surface area contributed by atoms with Crippen molar-refractivity contribution >= 4 is 23.6 Å². The number of nitrogens with one attached hydrogen (secondary N) is 1. The highest BCUT2D eigenvalue weighted by atomic mass is 16.2. The zero-order valence-corrected chi connectivity index (χ0v) is 17.9. The lowest BCUT2D eigenvalue weighted by Gasteiger charge is -2.23. The maximum absolute atomic E-state index is 12.6. The smallest absolute Gasteiger partial charge is 0.248 e. The lowest BCUT2D eigenvalue weighted by Crippen LogP contribution is -2.39. The molecule has 3 aromatic carbocycles. The number of amides is 2. The number of para-hydroxylation sites is 1. The molecule has 2 amide bonds. The Morgan fingerprint density at radius 2 is 1.72 bits per heavy atom. The Bertz CT molecular complexity index is 1120. The molecule has 5 heteroatoms. The first-order chi connectivity index (χ1) is 15.6. The van der Waals surface area contributed by atoms with Crippen molar-refractivity contribution in [2.75, 3.05) is 11.9 Å². The molecule has 5 nitrogen and oxygen atoms in total. The van der Waals surface area contributed by atoms with E-state index in [1.807, 2.05) is 60.7 Å². The Morgan fingerprint density at radius 3 is 2.53 bits per heavy atom. The van der Waals surface area contributed by atoms with Crippen LogP contribution in [0.15, 0.2) is 84.9 Å². The van der Waals surface area contributed by atoms with Gasteiger partial charge >= 0.3 is 0 Å². The van der Waals surface area contributed by atoms with Gasteiger partial charge in [0.1, 0.15) is 0 Å². The van der Waals surface area contributed by atoms with Gasteiger partial charge in [-0.05, 0) is 59.8 Å². The lowest BCUT2D eigenvalue weighted by molar-refractivity contribution is -0.122. The van der Waals surface area contributed by atoms with Gasteiger partial charge in [0, 0.05) is 18.3 Å². The monoisotopic (exact) mass is 425 g/mol. The molecule has 1 heterocycles. The number of rotatable bonds is 7. The molecule has 0 radical (unpaired) electrons. The minimum Gasteiger partial charge on any atom is -0.368 e. The second kappa shape index (κ2) is 10.1. The molecule has 1 atom stereocenters. The Hall–Kier alpha value is -3.70. The summed E-state index contributed by atoms with van der Waals surface area (Å²) < 4.78 is 0. The van der Waals surface area contributed by atoms with Crippen LogP contribution in [0.3, 0.4) is 0 Å². The summed E-state index contributed by atoms with van der Waals surface area (Å²) in [6, 6.07) is 25.7. The molecule has 0 bridgehead atoms. The lowest BCUT2D eigenvalue weighted by atomic mass is 10.0. The van der Waals surface area contributed by atoms with E-state index in [2.05, 4.69) is 34.5 Å². The molecule has 32 heavy (non-hydrogen) atoms. The third kappa shape index (κ3) is 5.31. The molecule has 1 fully saturated rings. The summed E-state index contributed by atoms with van der Waals surface area (Å²) in [7, 11) is 0. The fourth-order valence-electron chi connectivity index (χ4n) is 4.14. The number of anilines is 1. The SMILES string of the molecule is NC(=O)C1CCCN1Cc1ccccc1NC(=O)/C=C/c1cccc(-c2ccccc2)c1. The summed E-state index contributed by atoms with van der Waals surface area (Å²) >= 11 is 0. The van der Waals surface area contributed by atoms with E-state index in [0.29, 0.717) is 6.54 Å². The van der Waals surface area contributed by atoms with Crippen molar-refractivity contribution < 1.29 is 9.59 Å². The predicted molar refractivity (Wildman–Crippen MR) is 129 cm³/mol. The quantitative estimate of drug-likeness (QED) is 0.549. The standard InChI is InChI=1S/C27H27N3O2/c28-27(32)25-14-7-17-30(25)19-23-11-4-5-13-24(23)29-26(31)16-15-20-8-6-12-22(18-20)21-9-2-1-3-10-21/h1-6,8-13,15-16,18,25H,7,14,17,19H2,(H2,28,32)(H,29,31)/b16-15+. The van der Waals surface area contributed by atoms with Crippen LogP contribution in [0.5, 0.6) is 0 Å². The highest BCUT2D eigenvalue weighted by molar-refractivity contribution is 6.02. The van der Waals surface area contributed by atoms with Gasteiger partial charge < -0.3 is 11.1 Å². The molecule has 1 unspecified atom stereocenters. The Morgan fingerprint density at radius 1 is 0.969 bits per heavy atom. The molecule has 0 saturated carbocycles. The van der Waals surface area contributed by atoms with Gasteiger partial charge in [0.25, 0.3) is 0 Å². The zero-order chi connectivity index (χ0) is 22.3. The zero-order valence-electron chi connectivity index (χ0n) is 17.9. The van der Waals surface area contributed by atoms with E-state index in [1.54, 1.807) is 6.08 Å². The summed E-state index contributed by atoms with van der Waals surface area (Å²) in [5.74, 6) is -0.486. The van der Waals surface area contributed by atoms with Crippen LogP contribution in [-0.4, -0.2) is 29.3 Å². The average molecular weight is 426 g/mol. The fourth-order valence-corrected chi connectivity index (χ4v) is 4.14. The molecule has 0 spiro atoms. The van der Waals surface area contributed by atoms with Crippen molar-refractivity contribution in [1.82, 2.24) is 4.90 Å². The van der Waals surface area contributed by atoms with Crippen molar-refractivity contribution in [3.8, 4) is 11.1 Å². The number of nitrogens with zero attached hydrogens (tertiary/aromatic N) is 1. The Labute approximate surface area is 188 Å². The molecule has 0 aliphatic carbocycles. The maximum Gasteiger partial charge on any atom is 0.248 e. The largest absolute Gasteiger partial charge is 0.368 e. The van der Waals surface area contributed by atoms with Crippen molar-refractivity contribution in [2.45, 2.75) is 25.4 Å². The average Bonchev–Trinajstić information content (AvgIpc) is 3.28. The van der Waals surface area contributed by atoms with E-state index in [9.17, 15) is 9.59 Å². The Kier molecular flexibility index (Phi) is 6.78. The molecule has 0 aromatic heterocycles. The van der Waals surface area contributed by atoms with Crippen LogP contribution < -0.4 is 11.1 Å². The third-order valence-electron chi connectivity index (χ3n) is 5.76. The fraction of sp³-hybridized carbons (Fsp3) is 0.185. The van der Waals surface area contributed by atoms with Crippen LogP contribution in [0.4, 0.5) is 5.69 Å². The van der Waals surface area contributed by atoms with Gasteiger partial charge in [-0.25, -0.2) is 0 Å². The predicted octanol–water partition coefficient (Wildman–Crippen LogP) is 4.46. The molecule has 3 N–H and O–H groups in total. The van der Waals surface area contributed by atoms with Crippen molar-refractivity contribution in [3.63, 3.8) is 0 Å². The van der Waals surface area contributed by atoms with Crippen molar-refractivity contribution in [1.29, 1.82) is 0 Å². The van der Waals surface area contributed by atoms with E-state index in [-0.39, 0.29) is 17.9 Å². The van der Waals surface area contributed by atoms with E-state index in [0.717, 1.165) is 47.3 Å². The van der Waals surface area contributed by atoms with Gasteiger partial charge in [-0.2, -0.15) is 0 Å². The maximum atomic E-state index is 12.6. The number of benzene rings is 3. The van der Waals surface area contributed by atoms with E-state index in [1.165, 1.54) is 0 Å². The van der Waals surface area contributed by atoms with Gasteiger partial charge in [-0.1, -0.05) is 66.7 Å². The summed E-state index contributed by atoms with van der Waals surface area (Å²) in [6.07, 6.45) is 5.10. The first kappa shape index (κ1) is 21.5. The summed E-state index contributed by atoms with van der Waals surface area (Å²) in [5.41, 5.74) is 10.5. The van der Waals surface area contributed by atoms with E-state index < -0.39 is 0 Å². The Balaban J connectivity index is 1.44. The molecule has 3 aromatic rings. The van der Waals surface area contributed by atoms with Crippen molar-refractivity contribution in [2.24, 2.45) is 5.73 Å². The molecule has 1 aliphatic heterocycles. The van der Waals surface area contributed by atoms with Crippen molar-refractivity contribution in [3.05, 3.63) is 96.1 Å². The van der Waals surface area contributed by atoms with Crippen LogP contribution in [0.25, 0.3) is 17.2 Å². The minimum atomic E-state index is -0.287. The van der Waals surface area contributed by atoms with E-state index >= 15 is 0 Å². The minimum absolute atomic E-state index is 0.199. The van der Waals surface area contributed by atoms with Gasteiger partial charge in [0.2, 0.25) is 11.8 Å². The van der Waals surface area contributed by atoms with E-state index in [4.69, 9.17) is 5.73 Å². The topological polar surface area (TPSA) is 75.4 Å².